The van der Waals surface area contributed by atoms with Gasteiger partial charge in [-0.05, 0) is 23.6 Å². The van der Waals surface area contributed by atoms with Gasteiger partial charge in [-0.25, -0.2) is 4.79 Å². The Labute approximate surface area is 112 Å². The number of benzene rings is 2. The number of rotatable bonds is 3. The minimum atomic E-state index is -0.861. The van der Waals surface area contributed by atoms with Crippen molar-refractivity contribution in [3.05, 3.63) is 60.2 Å². The van der Waals surface area contributed by atoms with E-state index in [-0.39, 0.29) is 0 Å². The summed E-state index contributed by atoms with van der Waals surface area (Å²) in [5.74, 6) is 0. The van der Waals surface area contributed by atoms with Crippen molar-refractivity contribution in [1.29, 1.82) is 0 Å². The number of carbonyl (C=O) groups is 1. The lowest BCUT2D eigenvalue weighted by Gasteiger charge is -2.20. The van der Waals surface area contributed by atoms with Gasteiger partial charge in [0.25, 0.3) is 0 Å². The second-order valence-corrected chi connectivity index (χ2v) is 4.35. The Morgan fingerprint density at radius 2 is 1.58 bits per heavy atom. The Morgan fingerprint density at radius 3 is 2.11 bits per heavy atom. The van der Waals surface area contributed by atoms with Crippen molar-refractivity contribution in [2.45, 2.75) is 13.0 Å². The first kappa shape index (κ1) is 13.1. The van der Waals surface area contributed by atoms with Crippen LogP contribution in [0.25, 0.3) is 11.1 Å². The van der Waals surface area contributed by atoms with Gasteiger partial charge in [0, 0.05) is 0 Å². The number of hydrogen-bond acceptors (Lipinski definition) is 2. The van der Waals surface area contributed by atoms with Crippen LogP contribution in [0.15, 0.2) is 54.6 Å². The second-order valence-electron chi connectivity index (χ2n) is 4.35. The predicted octanol–water partition coefficient (Wildman–Crippen LogP) is 3.18. The number of carbonyl (C=O) groups excluding carboxylic acids is 1. The number of primary amides is 1. The molecule has 0 aliphatic carbocycles. The quantitative estimate of drug-likeness (QED) is 0.654. The SMILES string of the molecule is C[C@H](c1ccc(-c2ccccc2)cc1)N(O)C(N)=O. The van der Waals surface area contributed by atoms with Crippen LogP contribution < -0.4 is 5.73 Å². The fraction of sp³-hybridized carbons (Fsp3) is 0.133. The van der Waals surface area contributed by atoms with Gasteiger partial charge in [-0.15, -0.1) is 0 Å². The van der Waals surface area contributed by atoms with Crippen molar-refractivity contribution in [2.75, 3.05) is 0 Å². The molecule has 0 aromatic heterocycles. The monoisotopic (exact) mass is 256 g/mol. The van der Waals surface area contributed by atoms with Gasteiger partial charge in [0.1, 0.15) is 0 Å². The second kappa shape index (κ2) is 5.54. The van der Waals surface area contributed by atoms with Gasteiger partial charge in [0.15, 0.2) is 0 Å². The van der Waals surface area contributed by atoms with Crippen LogP contribution in [0.3, 0.4) is 0 Å². The maximum absolute atomic E-state index is 10.9. The molecule has 0 aliphatic rings. The third kappa shape index (κ3) is 2.92. The van der Waals surface area contributed by atoms with E-state index < -0.39 is 12.1 Å². The highest BCUT2D eigenvalue weighted by Gasteiger charge is 2.16. The van der Waals surface area contributed by atoms with Crippen LogP contribution in [-0.4, -0.2) is 16.3 Å². The highest BCUT2D eigenvalue weighted by Crippen LogP contribution is 2.23. The zero-order valence-corrected chi connectivity index (χ0v) is 10.7. The molecule has 98 valence electrons. The van der Waals surface area contributed by atoms with E-state index in [9.17, 15) is 10.0 Å². The molecular formula is C15H16N2O2. The number of hydroxylamine groups is 2. The summed E-state index contributed by atoms with van der Waals surface area (Å²) >= 11 is 0. The van der Waals surface area contributed by atoms with Gasteiger partial charge >= 0.3 is 6.03 Å². The average Bonchev–Trinajstić information content (AvgIpc) is 2.46. The molecule has 19 heavy (non-hydrogen) atoms. The number of hydrogen-bond donors (Lipinski definition) is 2. The van der Waals surface area contributed by atoms with E-state index in [1.807, 2.05) is 54.6 Å². The lowest BCUT2D eigenvalue weighted by atomic mass is 10.0. The summed E-state index contributed by atoms with van der Waals surface area (Å²) in [5.41, 5.74) is 8.06. The zero-order chi connectivity index (χ0) is 13.8. The molecule has 0 saturated heterocycles. The van der Waals surface area contributed by atoms with Crippen LogP contribution in [0.5, 0.6) is 0 Å². The molecule has 0 unspecified atom stereocenters. The number of nitrogens with zero attached hydrogens (tertiary/aromatic N) is 1. The van der Waals surface area contributed by atoms with Gasteiger partial charge in [-0.3, -0.25) is 5.21 Å². The summed E-state index contributed by atoms with van der Waals surface area (Å²) in [6.07, 6.45) is 0. The van der Waals surface area contributed by atoms with Gasteiger partial charge < -0.3 is 5.73 Å². The number of urea groups is 1. The standard InChI is InChI=1S/C15H16N2O2/c1-11(17(19)15(16)18)12-7-9-14(10-8-12)13-5-3-2-4-6-13/h2-11,19H,1H3,(H2,16,18)/t11-/m1/s1. The summed E-state index contributed by atoms with van der Waals surface area (Å²) in [4.78, 5) is 10.9. The molecular weight excluding hydrogens is 240 g/mol. The zero-order valence-electron chi connectivity index (χ0n) is 10.7. The van der Waals surface area contributed by atoms with Crippen molar-refractivity contribution < 1.29 is 10.0 Å². The van der Waals surface area contributed by atoms with Crippen molar-refractivity contribution in [3.63, 3.8) is 0 Å². The molecule has 0 heterocycles. The largest absolute Gasteiger partial charge is 0.350 e. The van der Waals surface area contributed by atoms with E-state index >= 15 is 0 Å². The topological polar surface area (TPSA) is 66.6 Å². The minimum absolute atomic E-state index is 0.470. The first-order valence-corrected chi connectivity index (χ1v) is 6.02. The van der Waals surface area contributed by atoms with E-state index in [1.54, 1.807) is 6.92 Å². The highest BCUT2D eigenvalue weighted by atomic mass is 16.5. The molecule has 0 saturated carbocycles. The first-order chi connectivity index (χ1) is 9.09. The Morgan fingerprint density at radius 1 is 1.05 bits per heavy atom. The van der Waals surface area contributed by atoms with Crippen molar-refractivity contribution in [1.82, 2.24) is 5.06 Å². The molecule has 4 heteroatoms. The fourth-order valence-corrected chi connectivity index (χ4v) is 1.92. The average molecular weight is 256 g/mol. The van der Waals surface area contributed by atoms with Crippen LogP contribution in [0.4, 0.5) is 4.79 Å². The third-order valence-electron chi connectivity index (χ3n) is 3.09. The molecule has 0 fully saturated rings. The molecule has 2 aromatic carbocycles. The lowest BCUT2D eigenvalue weighted by Crippen LogP contribution is -2.34. The van der Waals surface area contributed by atoms with Crippen molar-refractivity contribution in [2.24, 2.45) is 5.73 Å². The summed E-state index contributed by atoms with van der Waals surface area (Å²) in [6.45, 7) is 1.71. The molecule has 0 radical (unpaired) electrons. The molecule has 2 rings (SSSR count). The molecule has 0 spiro atoms. The summed E-state index contributed by atoms with van der Waals surface area (Å²) < 4.78 is 0. The molecule has 4 nitrogen and oxygen atoms in total. The van der Waals surface area contributed by atoms with Gasteiger partial charge in [-0.2, -0.15) is 5.06 Å². The van der Waals surface area contributed by atoms with Crippen molar-refractivity contribution in [3.8, 4) is 11.1 Å². The molecule has 0 aliphatic heterocycles. The van der Waals surface area contributed by atoms with Crippen LogP contribution in [0.1, 0.15) is 18.5 Å². The van der Waals surface area contributed by atoms with Gasteiger partial charge in [-0.1, -0.05) is 54.6 Å². The summed E-state index contributed by atoms with van der Waals surface area (Å²) in [7, 11) is 0. The Hall–Kier alpha value is -2.33. The van der Waals surface area contributed by atoms with Crippen LogP contribution in [0.2, 0.25) is 0 Å². The maximum atomic E-state index is 10.9. The van der Waals surface area contributed by atoms with Gasteiger partial charge in [0.05, 0.1) is 6.04 Å². The van der Waals surface area contributed by atoms with E-state index in [1.165, 1.54) is 0 Å². The Bertz CT molecular complexity index is 552. The van der Waals surface area contributed by atoms with Crippen molar-refractivity contribution >= 4 is 6.03 Å². The van der Waals surface area contributed by atoms with Gasteiger partial charge in [0.2, 0.25) is 0 Å². The smallest absolute Gasteiger partial charge is 0.339 e. The maximum Gasteiger partial charge on any atom is 0.339 e. The van der Waals surface area contributed by atoms with E-state index in [2.05, 4.69) is 0 Å². The molecule has 0 bridgehead atoms. The molecule has 1 atom stereocenters. The van der Waals surface area contributed by atoms with Crippen LogP contribution >= 0.6 is 0 Å². The first-order valence-electron chi connectivity index (χ1n) is 6.02. The van der Waals surface area contributed by atoms with E-state index in [0.29, 0.717) is 5.06 Å². The molecule has 3 N–H and O–H groups in total. The van der Waals surface area contributed by atoms with E-state index in [4.69, 9.17) is 5.73 Å². The molecule has 2 aromatic rings. The number of nitrogens with two attached hydrogens (primary N) is 1. The molecule has 2 amide bonds. The highest BCUT2D eigenvalue weighted by molar-refractivity contribution is 5.71. The Balaban J connectivity index is 2.22. The third-order valence-corrected chi connectivity index (χ3v) is 3.09. The lowest BCUT2D eigenvalue weighted by molar-refractivity contribution is -0.0709. The predicted molar refractivity (Wildman–Crippen MR) is 73.5 cm³/mol. The Kier molecular flexibility index (Phi) is 3.82. The summed E-state index contributed by atoms with van der Waals surface area (Å²) in [5, 5.41) is 10.0. The normalized spacial score (nSPS) is 11.9. The van der Waals surface area contributed by atoms with Crippen LogP contribution in [-0.2, 0) is 0 Å². The minimum Gasteiger partial charge on any atom is -0.350 e. The fourth-order valence-electron chi connectivity index (χ4n) is 1.92. The number of amides is 2. The van der Waals surface area contributed by atoms with Crippen LogP contribution in [0, 0.1) is 0 Å². The van der Waals surface area contributed by atoms with E-state index in [0.717, 1.165) is 16.7 Å². The summed E-state index contributed by atoms with van der Waals surface area (Å²) in [6, 6.07) is 16.3.